The van der Waals surface area contributed by atoms with Crippen LogP contribution in [0.5, 0.6) is 5.75 Å². The van der Waals surface area contributed by atoms with E-state index in [4.69, 9.17) is 4.74 Å². The summed E-state index contributed by atoms with van der Waals surface area (Å²) in [5.41, 5.74) is 0. The number of aromatic nitrogens is 3. The molecule has 0 radical (unpaired) electrons. The molecule has 0 unspecified atom stereocenters. The van der Waals surface area contributed by atoms with Gasteiger partial charge in [0.25, 0.3) is 0 Å². The molecule has 0 N–H and O–H groups in total. The highest BCUT2D eigenvalue weighted by Crippen LogP contribution is 2.27. The molecule has 2 aromatic heterocycles. The van der Waals surface area contributed by atoms with Gasteiger partial charge in [0.05, 0.1) is 11.5 Å². The summed E-state index contributed by atoms with van der Waals surface area (Å²) in [6.07, 6.45) is 0.977. The summed E-state index contributed by atoms with van der Waals surface area (Å²) in [5, 5.41) is 11.7. The molecule has 0 saturated heterocycles. The van der Waals surface area contributed by atoms with E-state index in [0.717, 1.165) is 42.1 Å². The molecule has 0 bridgehead atoms. The molecule has 0 spiro atoms. The smallest absolute Gasteiger partial charge is 0.191 e. The second-order valence-corrected chi connectivity index (χ2v) is 6.90. The quantitative estimate of drug-likeness (QED) is 0.442. The van der Waals surface area contributed by atoms with Crippen molar-refractivity contribution < 1.29 is 4.74 Å². The predicted octanol–water partition coefficient (Wildman–Crippen LogP) is 4.59. The second kappa shape index (κ2) is 8.17. The van der Waals surface area contributed by atoms with E-state index in [9.17, 15) is 0 Å². The summed E-state index contributed by atoms with van der Waals surface area (Å²) in [6, 6.07) is 14.1. The minimum absolute atomic E-state index is 0.717. The minimum atomic E-state index is 0.717. The van der Waals surface area contributed by atoms with Crippen molar-refractivity contribution in [3.8, 4) is 16.5 Å². The zero-order valence-corrected chi connectivity index (χ0v) is 14.6. The van der Waals surface area contributed by atoms with Crippen LogP contribution in [0.15, 0.2) is 53.0 Å². The average Bonchev–Trinajstić information content (AvgIpc) is 3.24. The molecule has 4 nitrogen and oxygen atoms in total. The molecular formula is C17H19N3OS2. The number of thioether (sulfide) groups is 1. The van der Waals surface area contributed by atoms with Crippen LogP contribution in [-0.2, 0) is 6.54 Å². The topological polar surface area (TPSA) is 39.9 Å². The molecule has 1 aromatic carbocycles. The van der Waals surface area contributed by atoms with Crippen molar-refractivity contribution in [3.63, 3.8) is 0 Å². The third kappa shape index (κ3) is 4.14. The van der Waals surface area contributed by atoms with Gasteiger partial charge in [0.1, 0.15) is 5.75 Å². The van der Waals surface area contributed by atoms with Crippen molar-refractivity contribution in [2.24, 2.45) is 0 Å². The van der Waals surface area contributed by atoms with Gasteiger partial charge in [-0.1, -0.05) is 36.0 Å². The first-order valence-corrected chi connectivity index (χ1v) is 9.52. The van der Waals surface area contributed by atoms with Crippen LogP contribution in [0.25, 0.3) is 10.7 Å². The molecular weight excluding hydrogens is 326 g/mol. The number of hydrogen-bond acceptors (Lipinski definition) is 5. The number of thiophene rings is 1. The Morgan fingerprint density at radius 1 is 1.13 bits per heavy atom. The van der Waals surface area contributed by atoms with Gasteiger partial charge in [-0.05, 0) is 36.9 Å². The molecule has 0 saturated carbocycles. The Morgan fingerprint density at radius 2 is 2.00 bits per heavy atom. The van der Waals surface area contributed by atoms with E-state index < -0.39 is 0 Å². The lowest BCUT2D eigenvalue weighted by Gasteiger charge is -2.07. The largest absolute Gasteiger partial charge is 0.494 e. The van der Waals surface area contributed by atoms with E-state index in [1.165, 1.54) is 4.88 Å². The number of nitrogens with zero attached hydrogens (tertiary/aromatic N) is 3. The van der Waals surface area contributed by atoms with Crippen molar-refractivity contribution >= 4 is 23.1 Å². The molecule has 0 amide bonds. The molecule has 0 aliphatic heterocycles. The van der Waals surface area contributed by atoms with Crippen LogP contribution in [0.3, 0.4) is 0 Å². The maximum Gasteiger partial charge on any atom is 0.191 e. The molecule has 0 atom stereocenters. The highest BCUT2D eigenvalue weighted by Gasteiger charge is 2.13. The van der Waals surface area contributed by atoms with Crippen molar-refractivity contribution in [2.45, 2.75) is 25.0 Å². The summed E-state index contributed by atoms with van der Waals surface area (Å²) in [5.74, 6) is 2.86. The Morgan fingerprint density at radius 3 is 2.74 bits per heavy atom. The fourth-order valence-corrected chi connectivity index (χ4v) is 3.83. The number of ether oxygens (including phenoxy) is 1. The van der Waals surface area contributed by atoms with Gasteiger partial charge >= 0.3 is 0 Å². The van der Waals surface area contributed by atoms with Gasteiger partial charge in [-0.2, -0.15) is 0 Å². The molecule has 3 rings (SSSR count). The Hall–Kier alpha value is -1.79. The first kappa shape index (κ1) is 16.1. The Balaban J connectivity index is 1.51. The maximum atomic E-state index is 5.71. The molecule has 23 heavy (non-hydrogen) atoms. The lowest BCUT2D eigenvalue weighted by Crippen LogP contribution is -2.01. The average molecular weight is 345 g/mol. The third-order valence-corrected chi connectivity index (χ3v) is 5.23. The van der Waals surface area contributed by atoms with Gasteiger partial charge < -0.3 is 9.30 Å². The van der Waals surface area contributed by atoms with Gasteiger partial charge in [0, 0.05) is 12.3 Å². The Labute approximate surface area is 144 Å². The lowest BCUT2D eigenvalue weighted by atomic mass is 10.3. The summed E-state index contributed by atoms with van der Waals surface area (Å²) >= 11 is 3.43. The third-order valence-electron chi connectivity index (χ3n) is 3.31. The van der Waals surface area contributed by atoms with Gasteiger partial charge in [-0.3, -0.25) is 0 Å². The first-order valence-electron chi connectivity index (χ1n) is 7.66. The fraction of sp³-hybridized carbons (Fsp3) is 0.294. The molecule has 120 valence electrons. The minimum Gasteiger partial charge on any atom is -0.494 e. The van der Waals surface area contributed by atoms with Crippen LogP contribution in [-0.4, -0.2) is 27.1 Å². The molecule has 6 heteroatoms. The molecule has 0 aliphatic rings. The fourth-order valence-electron chi connectivity index (χ4n) is 2.20. The zero-order valence-electron chi connectivity index (χ0n) is 13.0. The normalized spacial score (nSPS) is 10.8. The summed E-state index contributed by atoms with van der Waals surface area (Å²) in [4.78, 5) is 1.17. The van der Waals surface area contributed by atoms with Crippen LogP contribution in [0.4, 0.5) is 0 Å². The van der Waals surface area contributed by atoms with Gasteiger partial charge in [-0.15, -0.1) is 21.5 Å². The van der Waals surface area contributed by atoms with E-state index in [2.05, 4.69) is 33.1 Å². The number of benzene rings is 1. The molecule has 2 heterocycles. The predicted molar refractivity (Wildman–Crippen MR) is 96.3 cm³/mol. The van der Waals surface area contributed by atoms with Crippen molar-refractivity contribution in [1.82, 2.24) is 14.8 Å². The van der Waals surface area contributed by atoms with E-state index in [0.29, 0.717) is 0 Å². The van der Waals surface area contributed by atoms with Crippen LogP contribution in [0.1, 0.15) is 13.3 Å². The summed E-state index contributed by atoms with van der Waals surface area (Å²) in [7, 11) is 0. The van der Waals surface area contributed by atoms with Gasteiger partial charge in [0.15, 0.2) is 11.0 Å². The molecule has 0 aliphatic carbocycles. The number of rotatable bonds is 8. The van der Waals surface area contributed by atoms with Crippen LogP contribution >= 0.6 is 23.1 Å². The van der Waals surface area contributed by atoms with E-state index in [-0.39, 0.29) is 0 Å². The Bertz CT molecular complexity index is 711. The lowest BCUT2D eigenvalue weighted by molar-refractivity contribution is 0.318. The first-order chi connectivity index (χ1) is 11.4. The van der Waals surface area contributed by atoms with Crippen LogP contribution in [0.2, 0.25) is 0 Å². The van der Waals surface area contributed by atoms with Crippen LogP contribution < -0.4 is 4.74 Å². The molecule has 3 aromatic rings. The SMILES string of the molecule is CCn1c(SCCCOc2ccccc2)nnc1-c1cccs1. The zero-order chi connectivity index (χ0) is 15.9. The molecule has 0 fully saturated rings. The van der Waals surface area contributed by atoms with Crippen molar-refractivity contribution in [3.05, 3.63) is 47.8 Å². The van der Waals surface area contributed by atoms with Gasteiger partial charge in [-0.25, -0.2) is 0 Å². The standard InChI is InChI=1S/C17H19N3OS2/c1-2-20-16(15-10-6-12-22-15)18-19-17(20)23-13-7-11-21-14-8-4-3-5-9-14/h3-6,8-10,12H,2,7,11,13H2,1H3. The monoisotopic (exact) mass is 345 g/mol. The second-order valence-electron chi connectivity index (χ2n) is 4.89. The van der Waals surface area contributed by atoms with Crippen LogP contribution in [0, 0.1) is 0 Å². The maximum absolute atomic E-state index is 5.71. The highest BCUT2D eigenvalue weighted by atomic mass is 32.2. The van der Waals surface area contributed by atoms with E-state index in [1.54, 1.807) is 23.1 Å². The van der Waals surface area contributed by atoms with Crippen molar-refractivity contribution in [1.29, 1.82) is 0 Å². The summed E-state index contributed by atoms with van der Waals surface area (Å²) < 4.78 is 7.89. The highest BCUT2D eigenvalue weighted by molar-refractivity contribution is 7.99. The van der Waals surface area contributed by atoms with E-state index >= 15 is 0 Å². The number of para-hydroxylation sites is 1. The van der Waals surface area contributed by atoms with Crippen molar-refractivity contribution in [2.75, 3.05) is 12.4 Å². The van der Waals surface area contributed by atoms with E-state index in [1.807, 2.05) is 36.4 Å². The Kier molecular flexibility index (Phi) is 5.71. The van der Waals surface area contributed by atoms with Gasteiger partial charge in [0.2, 0.25) is 0 Å². The summed E-state index contributed by atoms with van der Waals surface area (Å²) in [6.45, 7) is 3.72. The number of hydrogen-bond donors (Lipinski definition) is 0.